The van der Waals surface area contributed by atoms with Gasteiger partial charge in [-0.2, -0.15) is 0 Å². The Kier molecular flexibility index (Phi) is 8.71. The Hall–Kier alpha value is -2.82. The molecule has 0 aromatic heterocycles. The largest absolute Gasteiger partial charge is 0.481 e. The van der Waals surface area contributed by atoms with Gasteiger partial charge in [-0.1, -0.05) is 39.0 Å². The lowest BCUT2D eigenvalue weighted by atomic mass is 10.1. The average molecular weight is 397 g/mol. The van der Waals surface area contributed by atoms with E-state index in [0.29, 0.717) is 17.0 Å². The van der Waals surface area contributed by atoms with Crippen LogP contribution in [-0.4, -0.2) is 35.9 Å². The van der Waals surface area contributed by atoms with Crippen LogP contribution in [0.3, 0.4) is 0 Å². The van der Waals surface area contributed by atoms with Crippen molar-refractivity contribution in [1.29, 1.82) is 0 Å². The van der Waals surface area contributed by atoms with E-state index in [1.165, 1.54) is 5.56 Å². The number of benzene rings is 2. The number of ether oxygens (including phenoxy) is 1. The highest BCUT2D eigenvalue weighted by Gasteiger charge is 2.17. The number of carbonyl (C=O) groups excluding carboxylic acids is 2. The van der Waals surface area contributed by atoms with E-state index < -0.39 is 6.10 Å². The Bertz CT molecular complexity index is 796. The zero-order valence-corrected chi connectivity index (χ0v) is 17.9. The van der Waals surface area contributed by atoms with Crippen molar-refractivity contribution in [2.45, 2.75) is 53.1 Å². The Morgan fingerprint density at radius 1 is 1.00 bits per heavy atom. The quantitative estimate of drug-likeness (QED) is 0.620. The number of nitrogens with one attached hydrogen (secondary N) is 1. The topological polar surface area (TPSA) is 58.6 Å². The molecule has 1 unspecified atom stereocenters. The number of hydrogen-bond donors (Lipinski definition) is 1. The Labute approximate surface area is 174 Å². The van der Waals surface area contributed by atoms with Crippen molar-refractivity contribution in [3.8, 4) is 5.75 Å². The van der Waals surface area contributed by atoms with Gasteiger partial charge in [0.25, 0.3) is 11.8 Å². The number of aryl methyl sites for hydroxylation is 1. The first kappa shape index (κ1) is 22.5. The third-order valence-corrected chi connectivity index (χ3v) is 4.67. The van der Waals surface area contributed by atoms with E-state index in [0.717, 1.165) is 32.4 Å². The smallest absolute Gasteiger partial charge is 0.265 e. The van der Waals surface area contributed by atoms with Gasteiger partial charge in [0.05, 0.1) is 0 Å². The molecule has 0 spiro atoms. The number of carbonyl (C=O) groups is 2. The van der Waals surface area contributed by atoms with Crippen LogP contribution in [-0.2, 0) is 11.2 Å². The molecule has 2 aromatic carbocycles. The molecule has 0 bridgehead atoms. The summed E-state index contributed by atoms with van der Waals surface area (Å²) in [6.45, 7) is 9.38. The zero-order valence-electron chi connectivity index (χ0n) is 17.9. The number of hydrogen-bond acceptors (Lipinski definition) is 3. The van der Waals surface area contributed by atoms with E-state index in [1.807, 2.05) is 29.2 Å². The molecule has 29 heavy (non-hydrogen) atoms. The van der Waals surface area contributed by atoms with Crippen LogP contribution >= 0.6 is 0 Å². The van der Waals surface area contributed by atoms with Crippen molar-refractivity contribution in [2.75, 3.05) is 18.4 Å². The molecule has 0 saturated heterocycles. The van der Waals surface area contributed by atoms with Crippen LogP contribution in [0, 0.1) is 0 Å². The number of rotatable bonds is 10. The van der Waals surface area contributed by atoms with Crippen molar-refractivity contribution in [3.05, 3.63) is 59.7 Å². The molecule has 0 heterocycles. The standard InChI is InChI=1S/C24H32N2O3/c1-5-15-26(16-6-2)24(28)20-9-8-10-21(17-20)25-23(27)18(4)29-22-13-11-19(7-3)12-14-22/h8-14,17-18H,5-7,15-16H2,1-4H3,(H,25,27). The molecule has 0 saturated carbocycles. The highest BCUT2D eigenvalue weighted by Crippen LogP contribution is 2.17. The van der Waals surface area contributed by atoms with Gasteiger partial charge < -0.3 is 15.0 Å². The molecule has 2 amide bonds. The van der Waals surface area contributed by atoms with Gasteiger partial charge in [-0.05, 0) is 62.1 Å². The third-order valence-electron chi connectivity index (χ3n) is 4.67. The molecule has 156 valence electrons. The lowest BCUT2D eigenvalue weighted by Gasteiger charge is -2.22. The summed E-state index contributed by atoms with van der Waals surface area (Å²) >= 11 is 0. The molecule has 0 aliphatic heterocycles. The van der Waals surface area contributed by atoms with Crippen molar-refractivity contribution < 1.29 is 14.3 Å². The fourth-order valence-corrected chi connectivity index (χ4v) is 3.07. The van der Waals surface area contributed by atoms with E-state index in [-0.39, 0.29) is 11.8 Å². The monoisotopic (exact) mass is 396 g/mol. The Balaban J connectivity index is 2.02. The summed E-state index contributed by atoms with van der Waals surface area (Å²) in [5.41, 5.74) is 2.38. The SMILES string of the molecule is CCCN(CCC)C(=O)c1cccc(NC(=O)C(C)Oc2ccc(CC)cc2)c1. The zero-order chi connectivity index (χ0) is 21.2. The summed E-state index contributed by atoms with van der Waals surface area (Å²) in [5, 5.41) is 2.85. The predicted molar refractivity (Wildman–Crippen MR) is 117 cm³/mol. The van der Waals surface area contributed by atoms with Crippen LogP contribution in [0.2, 0.25) is 0 Å². The molecule has 0 fully saturated rings. The van der Waals surface area contributed by atoms with Gasteiger partial charge in [0.2, 0.25) is 0 Å². The first-order chi connectivity index (χ1) is 14.0. The van der Waals surface area contributed by atoms with Gasteiger partial charge in [-0.3, -0.25) is 9.59 Å². The number of nitrogens with zero attached hydrogens (tertiary/aromatic N) is 1. The molecule has 0 aliphatic rings. The maximum absolute atomic E-state index is 12.8. The molecular formula is C24H32N2O3. The van der Waals surface area contributed by atoms with Gasteiger partial charge in [0.15, 0.2) is 6.10 Å². The van der Waals surface area contributed by atoms with Gasteiger partial charge in [0.1, 0.15) is 5.75 Å². The Morgan fingerprint density at radius 2 is 1.66 bits per heavy atom. The summed E-state index contributed by atoms with van der Waals surface area (Å²) in [7, 11) is 0. The van der Waals surface area contributed by atoms with Crippen LogP contribution < -0.4 is 10.1 Å². The first-order valence-electron chi connectivity index (χ1n) is 10.4. The fraction of sp³-hybridized carbons (Fsp3) is 0.417. The molecule has 5 heteroatoms. The van der Waals surface area contributed by atoms with Gasteiger partial charge in [0, 0.05) is 24.3 Å². The molecular weight excluding hydrogens is 364 g/mol. The normalized spacial score (nSPS) is 11.6. The van der Waals surface area contributed by atoms with Gasteiger partial charge in [-0.25, -0.2) is 0 Å². The lowest BCUT2D eigenvalue weighted by Crippen LogP contribution is -2.33. The summed E-state index contributed by atoms with van der Waals surface area (Å²) in [6, 6.07) is 14.8. The molecule has 0 radical (unpaired) electrons. The van der Waals surface area contributed by atoms with Crippen LogP contribution in [0.5, 0.6) is 5.75 Å². The third kappa shape index (κ3) is 6.63. The second-order valence-electron chi connectivity index (χ2n) is 7.12. The van der Waals surface area contributed by atoms with E-state index in [9.17, 15) is 9.59 Å². The minimum atomic E-state index is -0.654. The van der Waals surface area contributed by atoms with Crippen molar-refractivity contribution in [2.24, 2.45) is 0 Å². The maximum Gasteiger partial charge on any atom is 0.265 e. The van der Waals surface area contributed by atoms with Crippen molar-refractivity contribution in [1.82, 2.24) is 4.90 Å². The minimum Gasteiger partial charge on any atom is -0.481 e. The van der Waals surface area contributed by atoms with Crippen LogP contribution in [0.4, 0.5) is 5.69 Å². The highest BCUT2D eigenvalue weighted by molar-refractivity contribution is 5.98. The van der Waals surface area contributed by atoms with Gasteiger partial charge >= 0.3 is 0 Å². The summed E-state index contributed by atoms with van der Waals surface area (Å²) in [6.07, 6.45) is 2.13. The molecule has 1 atom stereocenters. The lowest BCUT2D eigenvalue weighted by molar-refractivity contribution is -0.122. The van der Waals surface area contributed by atoms with E-state index in [2.05, 4.69) is 26.1 Å². The summed E-state index contributed by atoms with van der Waals surface area (Å²) in [4.78, 5) is 27.2. The second-order valence-corrected chi connectivity index (χ2v) is 7.12. The number of amides is 2. The fourth-order valence-electron chi connectivity index (χ4n) is 3.07. The summed E-state index contributed by atoms with van der Waals surface area (Å²) in [5.74, 6) is 0.391. The average Bonchev–Trinajstić information content (AvgIpc) is 2.73. The van der Waals surface area contributed by atoms with Crippen LogP contribution in [0.15, 0.2) is 48.5 Å². The highest BCUT2D eigenvalue weighted by atomic mass is 16.5. The summed E-state index contributed by atoms with van der Waals surface area (Å²) < 4.78 is 5.74. The Morgan fingerprint density at radius 3 is 2.24 bits per heavy atom. The van der Waals surface area contributed by atoms with Crippen molar-refractivity contribution >= 4 is 17.5 Å². The van der Waals surface area contributed by atoms with E-state index in [4.69, 9.17) is 4.74 Å². The van der Waals surface area contributed by atoms with E-state index in [1.54, 1.807) is 31.2 Å². The predicted octanol–water partition coefficient (Wildman–Crippen LogP) is 4.92. The van der Waals surface area contributed by atoms with Crippen molar-refractivity contribution in [3.63, 3.8) is 0 Å². The molecule has 2 aromatic rings. The number of anilines is 1. The van der Waals surface area contributed by atoms with Crippen LogP contribution in [0.1, 0.15) is 56.5 Å². The van der Waals surface area contributed by atoms with E-state index >= 15 is 0 Å². The molecule has 1 N–H and O–H groups in total. The molecule has 5 nitrogen and oxygen atoms in total. The maximum atomic E-state index is 12.8. The minimum absolute atomic E-state index is 0.00916. The molecule has 2 rings (SSSR count). The van der Waals surface area contributed by atoms with Gasteiger partial charge in [-0.15, -0.1) is 0 Å². The molecule has 0 aliphatic carbocycles. The van der Waals surface area contributed by atoms with Crippen LogP contribution in [0.25, 0.3) is 0 Å². The second kappa shape index (κ2) is 11.2. The first-order valence-corrected chi connectivity index (χ1v) is 10.4.